The lowest BCUT2D eigenvalue weighted by atomic mass is 10.2. The number of unbranched alkanes of at least 4 members (excludes halogenated alkanes) is 3. The van der Waals surface area contributed by atoms with Gasteiger partial charge in [0.05, 0.1) is 8.80 Å². The van der Waals surface area contributed by atoms with Crippen molar-refractivity contribution in [2.24, 2.45) is 0 Å². The lowest BCUT2D eigenvalue weighted by Gasteiger charge is -2.19. The van der Waals surface area contributed by atoms with E-state index >= 15 is 0 Å². The quantitative estimate of drug-likeness (QED) is 0.423. The third-order valence-electron chi connectivity index (χ3n) is 2.87. The molecule has 14 heavy (non-hydrogen) atoms. The van der Waals surface area contributed by atoms with Crippen LogP contribution in [0.15, 0.2) is 11.8 Å². The fourth-order valence-corrected chi connectivity index (χ4v) is 4.92. The van der Waals surface area contributed by atoms with E-state index < -0.39 is 8.80 Å². The van der Waals surface area contributed by atoms with Crippen molar-refractivity contribution in [3.8, 4) is 0 Å². The molecule has 0 rings (SSSR count). The molecule has 0 nitrogen and oxygen atoms in total. The molecule has 0 saturated carbocycles. The minimum atomic E-state index is -0.612. The Bertz CT molecular complexity index is 139. The Morgan fingerprint density at radius 2 is 1.57 bits per heavy atom. The average molecular weight is 212 g/mol. The highest BCUT2D eigenvalue weighted by Gasteiger charge is 2.15. The summed E-state index contributed by atoms with van der Waals surface area (Å²) in [5, 5.41) is 0. The summed E-state index contributed by atoms with van der Waals surface area (Å²) in [5.41, 5.74) is 4.40. The molecule has 1 heteroatoms. The molecule has 0 aliphatic carbocycles. The van der Waals surface area contributed by atoms with Crippen LogP contribution in [0, 0.1) is 0 Å². The zero-order valence-electron chi connectivity index (χ0n) is 10.7. The van der Waals surface area contributed by atoms with Gasteiger partial charge < -0.3 is 0 Å². The zero-order valence-corrected chi connectivity index (χ0v) is 11.9. The van der Waals surface area contributed by atoms with Crippen molar-refractivity contribution in [3.63, 3.8) is 0 Å². The van der Waals surface area contributed by atoms with Gasteiger partial charge >= 0.3 is 0 Å². The molecule has 0 heterocycles. The predicted molar refractivity (Wildman–Crippen MR) is 70.6 cm³/mol. The van der Waals surface area contributed by atoms with E-state index in [9.17, 15) is 0 Å². The summed E-state index contributed by atoms with van der Waals surface area (Å²) in [6, 6.07) is 0. The van der Waals surface area contributed by atoms with Crippen LogP contribution in [0.25, 0.3) is 0 Å². The Kier molecular flexibility index (Phi) is 8.25. The van der Waals surface area contributed by atoms with Gasteiger partial charge in [-0.15, -0.1) is 5.70 Å². The maximum absolute atomic E-state index is 2.57. The summed E-state index contributed by atoms with van der Waals surface area (Å²) in [5.74, 6) is 0. The maximum Gasteiger partial charge on any atom is 0.0661 e. The first-order valence-electron chi connectivity index (χ1n) is 6.26. The summed E-state index contributed by atoms with van der Waals surface area (Å²) in [6.45, 7) is 11.8. The summed E-state index contributed by atoms with van der Waals surface area (Å²) in [7, 11) is -0.612. The van der Waals surface area contributed by atoms with E-state index in [-0.39, 0.29) is 0 Å². The van der Waals surface area contributed by atoms with Crippen LogP contribution in [0.5, 0.6) is 0 Å². The maximum atomic E-state index is 2.57. The van der Waals surface area contributed by atoms with Crippen molar-refractivity contribution in [1.82, 2.24) is 0 Å². The molecule has 0 fully saturated rings. The van der Waals surface area contributed by atoms with Crippen LogP contribution in [0.2, 0.25) is 11.1 Å². The molecule has 0 aromatic carbocycles. The molecular formula is C13H28Si. The molecule has 0 aliphatic rings. The molecular weight excluding hydrogens is 184 g/mol. The molecule has 0 spiro atoms. The van der Waals surface area contributed by atoms with Crippen molar-refractivity contribution in [1.29, 1.82) is 0 Å². The van der Waals surface area contributed by atoms with Gasteiger partial charge in [-0.25, -0.2) is 0 Å². The van der Waals surface area contributed by atoms with Crippen LogP contribution in [-0.2, 0) is 0 Å². The van der Waals surface area contributed by atoms with Gasteiger partial charge in [0.15, 0.2) is 0 Å². The third-order valence-corrected chi connectivity index (χ3v) is 6.67. The first-order chi connectivity index (χ1) is 6.59. The van der Waals surface area contributed by atoms with Crippen LogP contribution in [0.1, 0.15) is 60.3 Å². The normalized spacial score (nSPS) is 12.6. The lowest BCUT2D eigenvalue weighted by Crippen LogP contribution is -2.18. The SMILES string of the molecule is CCCCC/C=C/[SiH](C(C)C)C(C)C. The van der Waals surface area contributed by atoms with Crippen LogP contribution in [0.4, 0.5) is 0 Å². The Morgan fingerprint density at radius 3 is 2.00 bits per heavy atom. The summed E-state index contributed by atoms with van der Waals surface area (Å²) in [4.78, 5) is 0. The van der Waals surface area contributed by atoms with E-state index in [1.165, 1.54) is 25.7 Å². The van der Waals surface area contributed by atoms with Crippen molar-refractivity contribution in [3.05, 3.63) is 11.8 Å². The summed E-state index contributed by atoms with van der Waals surface area (Å²) in [6.07, 6.45) is 7.86. The molecule has 0 aliphatic heterocycles. The van der Waals surface area contributed by atoms with Crippen molar-refractivity contribution < 1.29 is 0 Å². The van der Waals surface area contributed by atoms with Gasteiger partial charge in [-0.1, -0.05) is 64.6 Å². The van der Waals surface area contributed by atoms with E-state index in [2.05, 4.69) is 46.4 Å². The Labute approximate surface area is 92.4 Å². The second-order valence-electron chi connectivity index (χ2n) is 4.99. The number of hydrogen-bond acceptors (Lipinski definition) is 0. The topological polar surface area (TPSA) is 0 Å². The minimum Gasteiger partial charge on any atom is -0.101 e. The highest BCUT2D eigenvalue weighted by atomic mass is 28.3. The number of rotatable bonds is 7. The van der Waals surface area contributed by atoms with E-state index in [0.717, 1.165) is 11.1 Å². The van der Waals surface area contributed by atoms with Crippen LogP contribution in [0.3, 0.4) is 0 Å². The van der Waals surface area contributed by atoms with Crippen LogP contribution < -0.4 is 0 Å². The van der Waals surface area contributed by atoms with Gasteiger partial charge in [0, 0.05) is 0 Å². The Hall–Kier alpha value is -0.0431. The monoisotopic (exact) mass is 212 g/mol. The van der Waals surface area contributed by atoms with Crippen molar-refractivity contribution in [2.75, 3.05) is 0 Å². The highest BCUT2D eigenvalue weighted by Crippen LogP contribution is 2.21. The molecule has 0 amide bonds. The second kappa shape index (κ2) is 8.28. The summed E-state index contributed by atoms with van der Waals surface area (Å²) < 4.78 is 0. The van der Waals surface area contributed by atoms with Gasteiger partial charge in [0.1, 0.15) is 0 Å². The van der Waals surface area contributed by atoms with Crippen LogP contribution in [-0.4, -0.2) is 8.80 Å². The Morgan fingerprint density at radius 1 is 1.00 bits per heavy atom. The molecule has 0 saturated heterocycles. The lowest BCUT2D eigenvalue weighted by molar-refractivity contribution is 0.729. The van der Waals surface area contributed by atoms with Crippen LogP contribution >= 0.6 is 0 Å². The van der Waals surface area contributed by atoms with E-state index in [0.29, 0.717) is 0 Å². The fourth-order valence-electron chi connectivity index (χ4n) is 1.98. The van der Waals surface area contributed by atoms with Crippen molar-refractivity contribution >= 4 is 8.80 Å². The van der Waals surface area contributed by atoms with Gasteiger partial charge in [-0.05, 0) is 12.8 Å². The van der Waals surface area contributed by atoms with Gasteiger partial charge in [-0.3, -0.25) is 0 Å². The number of allylic oxidation sites excluding steroid dienone is 1. The molecule has 0 radical (unpaired) electrons. The number of hydrogen-bond donors (Lipinski definition) is 0. The standard InChI is InChI=1S/C13H28Si/c1-6-7-8-9-10-11-14(12(2)3)13(4)5/h10-14H,6-9H2,1-5H3/b11-10+. The second-order valence-corrected chi connectivity index (χ2v) is 9.20. The smallest absolute Gasteiger partial charge is 0.0661 e. The zero-order chi connectivity index (χ0) is 11.0. The first-order valence-corrected chi connectivity index (χ1v) is 8.26. The molecule has 0 aromatic rings. The van der Waals surface area contributed by atoms with E-state index in [1.807, 2.05) is 0 Å². The molecule has 0 unspecified atom stereocenters. The van der Waals surface area contributed by atoms with Crippen molar-refractivity contribution in [2.45, 2.75) is 71.4 Å². The highest BCUT2D eigenvalue weighted by molar-refractivity contribution is 6.66. The molecule has 0 bridgehead atoms. The Balaban J connectivity index is 3.79. The molecule has 0 N–H and O–H groups in total. The molecule has 0 atom stereocenters. The first kappa shape index (κ1) is 14.0. The van der Waals surface area contributed by atoms with Gasteiger partial charge in [0.2, 0.25) is 0 Å². The predicted octanol–water partition coefficient (Wildman–Crippen LogP) is 4.71. The fraction of sp³-hybridized carbons (Fsp3) is 0.846. The molecule has 0 aromatic heterocycles. The summed E-state index contributed by atoms with van der Waals surface area (Å²) >= 11 is 0. The average Bonchev–Trinajstić information content (AvgIpc) is 2.09. The molecule has 84 valence electrons. The van der Waals surface area contributed by atoms with Gasteiger partial charge in [-0.2, -0.15) is 0 Å². The third kappa shape index (κ3) is 6.42. The van der Waals surface area contributed by atoms with E-state index in [4.69, 9.17) is 0 Å². The largest absolute Gasteiger partial charge is 0.101 e. The minimum absolute atomic E-state index is 0.612. The van der Waals surface area contributed by atoms with E-state index in [1.54, 1.807) is 0 Å². The van der Waals surface area contributed by atoms with Gasteiger partial charge in [0.25, 0.3) is 0 Å².